The van der Waals surface area contributed by atoms with Crippen LogP contribution in [0.2, 0.25) is 0 Å². The zero-order valence-electron chi connectivity index (χ0n) is 21.7. The molecule has 0 aromatic rings. The van der Waals surface area contributed by atoms with Gasteiger partial charge in [-0.1, -0.05) is 123 Å². The standard InChI is InChI=1S/C27H47P3/c1-12-14-16-17-19-28-26(23(6,7)8)20-25(18-15-13-2)27(28,24(9,10)11)30(25)21(29(20)26)22(3,4)5/h20-21H,12-16,18H2,1-11H3/t20-,21+,25+,26+,27+,28?,29?,30?/m1/s1. The van der Waals surface area contributed by atoms with Crippen LogP contribution in [-0.4, -0.2) is 26.0 Å². The lowest BCUT2D eigenvalue weighted by Crippen LogP contribution is -2.39. The van der Waals surface area contributed by atoms with E-state index in [9.17, 15) is 0 Å². The first-order valence-corrected chi connectivity index (χ1v) is 16.8. The smallest absolute Gasteiger partial charge is 0.0387 e. The zero-order chi connectivity index (χ0) is 22.5. The molecule has 0 saturated carbocycles. The molecule has 0 N–H and O–H groups in total. The second kappa shape index (κ2) is 6.94. The summed E-state index contributed by atoms with van der Waals surface area (Å²) in [7, 11) is 0.0371. The highest BCUT2D eigenvalue weighted by atomic mass is 31.2. The van der Waals surface area contributed by atoms with Crippen LogP contribution in [0.5, 0.6) is 0 Å². The van der Waals surface area contributed by atoms with Crippen LogP contribution in [0.25, 0.3) is 0 Å². The molecule has 0 nitrogen and oxygen atoms in total. The maximum absolute atomic E-state index is 4.18. The van der Waals surface area contributed by atoms with Crippen molar-refractivity contribution in [3.8, 4) is 11.6 Å². The summed E-state index contributed by atoms with van der Waals surface area (Å²) in [4.78, 5) is 1.17. The number of rotatable bonds is 5. The lowest BCUT2D eigenvalue weighted by molar-refractivity contribution is 0.336. The molecule has 4 heterocycles. The average molecular weight is 465 g/mol. The van der Waals surface area contributed by atoms with E-state index in [0.717, 1.165) is 17.5 Å². The van der Waals surface area contributed by atoms with Crippen LogP contribution in [0.15, 0.2) is 0 Å². The first kappa shape index (κ1) is 24.0. The molecule has 0 aromatic heterocycles. The number of fused-ring (bicyclic) bond motifs is 2. The highest BCUT2D eigenvalue weighted by molar-refractivity contribution is 8.10. The van der Waals surface area contributed by atoms with Gasteiger partial charge in [-0.25, -0.2) is 0 Å². The van der Waals surface area contributed by atoms with Crippen LogP contribution >= 0.6 is 23.8 Å². The van der Waals surface area contributed by atoms with Gasteiger partial charge >= 0.3 is 0 Å². The molecule has 0 bridgehead atoms. The van der Waals surface area contributed by atoms with Crippen molar-refractivity contribution in [3.05, 3.63) is 0 Å². The van der Waals surface area contributed by atoms with Crippen molar-refractivity contribution in [2.45, 2.75) is 141 Å². The quantitative estimate of drug-likeness (QED) is 0.216. The summed E-state index contributed by atoms with van der Waals surface area (Å²) in [5, 5.41) is 1.72. The van der Waals surface area contributed by atoms with Crippen molar-refractivity contribution >= 4 is 23.8 Å². The van der Waals surface area contributed by atoms with E-state index >= 15 is 0 Å². The summed E-state index contributed by atoms with van der Waals surface area (Å²) in [6.07, 6.45) is 8.00. The van der Waals surface area contributed by atoms with Crippen LogP contribution < -0.4 is 0 Å². The molecule has 170 valence electrons. The second-order valence-electron chi connectivity index (χ2n) is 13.6. The van der Waals surface area contributed by atoms with Crippen molar-refractivity contribution in [1.82, 2.24) is 0 Å². The molecule has 8 atom stereocenters. The predicted molar refractivity (Wildman–Crippen MR) is 142 cm³/mol. The molecule has 4 aliphatic rings. The van der Waals surface area contributed by atoms with Crippen molar-refractivity contribution in [2.75, 3.05) is 0 Å². The molecule has 4 fully saturated rings. The summed E-state index contributed by atoms with van der Waals surface area (Å²) < 4.78 is 0. The van der Waals surface area contributed by atoms with E-state index in [1.165, 1.54) is 32.1 Å². The molecule has 4 saturated heterocycles. The number of hydrogen-bond acceptors (Lipinski definition) is 0. The Labute approximate surface area is 192 Å². The first-order valence-electron chi connectivity index (χ1n) is 12.6. The summed E-state index contributed by atoms with van der Waals surface area (Å²) in [5.41, 5.74) is 6.50. The van der Waals surface area contributed by atoms with Crippen molar-refractivity contribution < 1.29 is 0 Å². The highest BCUT2D eigenvalue weighted by Gasteiger charge is 3.08. The molecule has 3 heteroatoms. The van der Waals surface area contributed by atoms with Gasteiger partial charge in [-0.2, -0.15) is 0 Å². The van der Waals surface area contributed by atoms with Crippen molar-refractivity contribution in [2.24, 2.45) is 16.2 Å². The van der Waals surface area contributed by atoms with E-state index in [0.29, 0.717) is 31.2 Å². The molecule has 4 aliphatic heterocycles. The van der Waals surface area contributed by atoms with Crippen LogP contribution in [0, 0.1) is 27.8 Å². The topological polar surface area (TPSA) is 0 Å². The van der Waals surface area contributed by atoms with Crippen LogP contribution in [0.4, 0.5) is 0 Å². The monoisotopic (exact) mass is 464 g/mol. The Hall–Kier alpha value is 0.850. The first-order chi connectivity index (χ1) is 13.7. The molecule has 3 unspecified atom stereocenters. The van der Waals surface area contributed by atoms with Gasteiger partial charge in [0.15, 0.2) is 0 Å². The summed E-state index contributed by atoms with van der Waals surface area (Å²) >= 11 is 0. The zero-order valence-corrected chi connectivity index (χ0v) is 24.4. The fourth-order valence-corrected chi connectivity index (χ4v) is 31.3. The molecule has 0 spiro atoms. The minimum Gasteiger partial charge on any atom is -0.0986 e. The normalized spacial score (nSPS) is 45.8. The fourth-order valence-electron chi connectivity index (χ4n) is 7.98. The van der Waals surface area contributed by atoms with Gasteiger partial charge in [0.25, 0.3) is 0 Å². The molecule has 0 aromatic carbocycles. The van der Waals surface area contributed by atoms with Crippen LogP contribution in [-0.2, 0) is 0 Å². The minimum absolute atomic E-state index is 0.110. The lowest BCUT2D eigenvalue weighted by Gasteiger charge is -2.51. The largest absolute Gasteiger partial charge is 0.0986 e. The third kappa shape index (κ3) is 2.49. The van der Waals surface area contributed by atoms with E-state index in [-0.39, 0.29) is 23.8 Å². The number of unbranched alkanes of at least 4 members (excludes halogenated alkanes) is 3. The minimum atomic E-state index is -0.213. The van der Waals surface area contributed by atoms with Gasteiger partial charge in [0.2, 0.25) is 0 Å². The van der Waals surface area contributed by atoms with Crippen LogP contribution in [0.1, 0.15) is 115 Å². The Bertz CT molecular complexity index is 769. The van der Waals surface area contributed by atoms with E-state index in [1.807, 2.05) is 0 Å². The van der Waals surface area contributed by atoms with E-state index in [2.05, 4.69) is 87.7 Å². The Morgan fingerprint density at radius 2 is 1.43 bits per heavy atom. The Morgan fingerprint density at radius 3 is 1.90 bits per heavy atom. The third-order valence-corrected chi connectivity index (χ3v) is 25.5. The Balaban J connectivity index is 1.92. The second-order valence-corrected chi connectivity index (χ2v) is 22.2. The van der Waals surface area contributed by atoms with Gasteiger partial charge in [0.1, 0.15) is 0 Å². The SMILES string of the molecule is CCCCC#CP1[C@@]2(C(C)(C)C)[C@@H]3P2[C@H](C(C)(C)C)P2[C@@]1(C(C)(C)C)[C@]32CCCC. The van der Waals surface area contributed by atoms with E-state index in [1.54, 1.807) is 0 Å². The summed E-state index contributed by atoms with van der Waals surface area (Å²) in [6.45, 7) is 28.2. The molecule has 30 heavy (non-hydrogen) atoms. The Morgan fingerprint density at radius 1 is 0.833 bits per heavy atom. The van der Waals surface area contributed by atoms with Gasteiger partial charge < -0.3 is 0 Å². The maximum atomic E-state index is 4.18. The molecular weight excluding hydrogens is 417 g/mol. The van der Waals surface area contributed by atoms with E-state index in [4.69, 9.17) is 0 Å². The third-order valence-electron chi connectivity index (χ3n) is 8.62. The van der Waals surface area contributed by atoms with Crippen molar-refractivity contribution in [1.29, 1.82) is 0 Å². The van der Waals surface area contributed by atoms with Gasteiger partial charge in [-0.15, -0.1) is 0 Å². The summed E-state index contributed by atoms with van der Waals surface area (Å²) in [5.74, 6) is 3.80. The molecule has 0 amide bonds. The van der Waals surface area contributed by atoms with E-state index < -0.39 is 0 Å². The molecular formula is C27H47P3. The predicted octanol–water partition coefficient (Wildman–Crippen LogP) is 9.79. The van der Waals surface area contributed by atoms with Crippen molar-refractivity contribution in [3.63, 3.8) is 0 Å². The van der Waals surface area contributed by atoms with Gasteiger partial charge in [-0.05, 0) is 37.0 Å². The summed E-state index contributed by atoms with van der Waals surface area (Å²) in [6, 6.07) is 0. The highest BCUT2D eigenvalue weighted by Crippen LogP contribution is 3.26. The number of hydrogen-bond donors (Lipinski definition) is 0. The fraction of sp³-hybridized carbons (Fsp3) is 0.926. The molecule has 4 rings (SSSR count). The maximum Gasteiger partial charge on any atom is 0.0387 e. The Kier molecular flexibility index (Phi) is 5.55. The molecule has 0 radical (unpaired) electrons. The van der Waals surface area contributed by atoms with Gasteiger partial charge in [0.05, 0.1) is 0 Å². The average Bonchev–Trinajstić information content (AvgIpc) is 3.39. The lowest BCUT2D eigenvalue weighted by atomic mass is 9.77. The van der Waals surface area contributed by atoms with Gasteiger partial charge in [-0.3, -0.25) is 0 Å². The van der Waals surface area contributed by atoms with Crippen LogP contribution in [0.3, 0.4) is 0 Å². The van der Waals surface area contributed by atoms with Gasteiger partial charge in [0, 0.05) is 32.4 Å². The molecule has 0 aliphatic carbocycles.